The molecule has 0 aromatic rings. The van der Waals surface area contributed by atoms with Gasteiger partial charge in [-0.15, -0.1) is 0 Å². The molecule has 0 aromatic carbocycles. The lowest BCUT2D eigenvalue weighted by Gasteiger charge is -2.45. The minimum Gasteiger partial charge on any atom is -0.455 e. The third-order valence-electron chi connectivity index (χ3n) is 5.22. The molecule has 3 rings (SSSR count). The molecule has 0 N–H and O–H groups in total. The first-order chi connectivity index (χ1) is 8.93. The molecular formula is C15H20O4. The largest absolute Gasteiger partial charge is 0.455 e. The summed E-state index contributed by atoms with van der Waals surface area (Å²) < 4.78 is 11.2. The number of hydrogen-bond acceptors (Lipinski definition) is 4. The van der Waals surface area contributed by atoms with E-state index in [1.165, 1.54) is 0 Å². The molecule has 0 aromatic heterocycles. The van der Waals surface area contributed by atoms with Crippen LogP contribution in [-0.4, -0.2) is 23.6 Å². The first kappa shape index (κ1) is 12.7. The van der Waals surface area contributed by atoms with E-state index in [0.29, 0.717) is 17.9 Å². The smallest absolute Gasteiger partial charge is 0.334 e. The van der Waals surface area contributed by atoms with Gasteiger partial charge >= 0.3 is 11.9 Å². The number of ether oxygens (including phenoxy) is 2. The Labute approximate surface area is 113 Å². The van der Waals surface area contributed by atoms with Crippen molar-refractivity contribution in [1.29, 1.82) is 0 Å². The van der Waals surface area contributed by atoms with Gasteiger partial charge < -0.3 is 9.47 Å². The molecule has 0 amide bonds. The molecule has 104 valence electrons. The van der Waals surface area contributed by atoms with Crippen LogP contribution < -0.4 is 0 Å². The molecule has 19 heavy (non-hydrogen) atoms. The van der Waals surface area contributed by atoms with Gasteiger partial charge in [0.1, 0.15) is 11.7 Å². The van der Waals surface area contributed by atoms with Crippen molar-refractivity contribution in [3.63, 3.8) is 0 Å². The van der Waals surface area contributed by atoms with E-state index < -0.39 is 5.60 Å². The van der Waals surface area contributed by atoms with Crippen molar-refractivity contribution in [2.24, 2.45) is 17.8 Å². The van der Waals surface area contributed by atoms with Gasteiger partial charge in [-0.3, -0.25) is 4.79 Å². The highest BCUT2D eigenvalue weighted by molar-refractivity contribution is 5.91. The van der Waals surface area contributed by atoms with Crippen LogP contribution in [0.2, 0.25) is 0 Å². The summed E-state index contributed by atoms with van der Waals surface area (Å²) in [4.78, 5) is 23.5. The van der Waals surface area contributed by atoms with E-state index in [9.17, 15) is 9.59 Å². The summed E-state index contributed by atoms with van der Waals surface area (Å²) in [6, 6.07) is 0. The van der Waals surface area contributed by atoms with Crippen LogP contribution in [-0.2, 0) is 19.1 Å². The molecule has 0 spiro atoms. The predicted octanol–water partition coefficient (Wildman–Crippen LogP) is 2.23. The van der Waals surface area contributed by atoms with Crippen LogP contribution in [0.1, 0.15) is 39.5 Å². The summed E-state index contributed by atoms with van der Waals surface area (Å²) in [5.74, 6) is 0.219. The normalized spacial score (nSPS) is 45.9. The molecule has 4 heteroatoms. The molecule has 3 fully saturated rings. The lowest BCUT2D eigenvalue weighted by atomic mass is 9.72. The van der Waals surface area contributed by atoms with Crippen molar-refractivity contribution in [2.45, 2.75) is 51.2 Å². The summed E-state index contributed by atoms with van der Waals surface area (Å²) in [6.45, 7) is 7.99. The topological polar surface area (TPSA) is 52.6 Å². The maximum absolute atomic E-state index is 11.8. The highest BCUT2D eigenvalue weighted by atomic mass is 16.6. The Morgan fingerprint density at radius 1 is 1.26 bits per heavy atom. The van der Waals surface area contributed by atoms with Crippen LogP contribution in [0, 0.1) is 17.8 Å². The van der Waals surface area contributed by atoms with Crippen LogP contribution in [0.15, 0.2) is 12.2 Å². The van der Waals surface area contributed by atoms with E-state index in [0.717, 1.165) is 19.3 Å². The Kier molecular flexibility index (Phi) is 2.73. The third kappa shape index (κ3) is 1.72. The molecule has 5 atom stereocenters. The summed E-state index contributed by atoms with van der Waals surface area (Å²) >= 11 is 0. The van der Waals surface area contributed by atoms with E-state index in [2.05, 4.69) is 13.5 Å². The van der Waals surface area contributed by atoms with Crippen molar-refractivity contribution in [3.05, 3.63) is 12.2 Å². The molecule has 0 unspecified atom stereocenters. The third-order valence-corrected chi connectivity index (χ3v) is 5.22. The van der Waals surface area contributed by atoms with E-state index in [1.54, 1.807) is 0 Å². The quantitative estimate of drug-likeness (QED) is 0.497. The molecule has 2 heterocycles. The summed E-state index contributed by atoms with van der Waals surface area (Å²) in [5, 5.41) is 0. The van der Waals surface area contributed by atoms with E-state index in [4.69, 9.17) is 9.47 Å². The number of hydrogen-bond donors (Lipinski definition) is 0. The first-order valence-corrected chi connectivity index (χ1v) is 7.05. The standard InChI is InChI=1S/C15H20O4/c1-8-4-5-10-9(2)14(17)18-13(10)15(3)11(8)6-7-12(16)19-15/h8,10-11,13H,2,4-7H2,1,3H3/t8-,10-,11-,13+,15+/m0/s1. The van der Waals surface area contributed by atoms with Crippen LogP contribution in [0.25, 0.3) is 0 Å². The second kappa shape index (κ2) is 4.09. The molecule has 0 bridgehead atoms. The Morgan fingerprint density at radius 2 is 2.00 bits per heavy atom. The second-order valence-electron chi connectivity index (χ2n) is 6.32. The molecule has 3 aliphatic rings. The van der Waals surface area contributed by atoms with E-state index >= 15 is 0 Å². The van der Waals surface area contributed by atoms with Gasteiger partial charge in [-0.1, -0.05) is 13.5 Å². The average molecular weight is 264 g/mol. The van der Waals surface area contributed by atoms with Gasteiger partial charge in [-0.25, -0.2) is 4.79 Å². The van der Waals surface area contributed by atoms with E-state index in [-0.39, 0.29) is 29.9 Å². The maximum atomic E-state index is 11.8. The summed E-state index contributed by atoms with van der Waals surface area (Å²) in [5.41, 5.74) is -0.147. The summed E-state index contributed by atoms with van der Waals surface area (Å²) in [6.07, 6.45) is 2.85. The lowest BCUT2D eigenvalue weighted by Crippen LogP contribution is -2.55. The Morgan fingerprint density at radius 3 is 2.74 bits per heavy atom. The molecule has 2 saturated heterocycles. The van der Waals surface area contributed by atoms with Crippen LogP contribution in [0.3, 0.4) is 0 Å². The lowest BCUT2D eigenvalue weighted by molar-refractivity contribution is -0.202. The van der Waals surface area contributed by atoms with E-state index in [1.807, 2.05) is 6.92 Å². The number of esters is 2. The van der Waals surface area contributed by atoms with Crippen molar-refractivity contribution in [3.8, 4) is 0 Å². The number of carbonyl (C=O) groups excluding carboxylic acids is 2. The highest BCUT2D eigenvalue weighted by Crippen LogP contribution is 2.50. The van der Waals surface area contributed by atoms with Crippen molar-refractivity contribution in [2.75, 3.05) is 0 Å². The Hall–Kier alpha value is -1.32. The maximum Gasteiger partial charge on any atom is 0.334 e. The van der Waals surface area contributed by atoms with Gasteiger partial charge in [0.25, 0.3) is 0 Å². The predicted molar refractivity (Wildman–Crippen MR) is 68.1 cm³/mol. The van der Waals surface area contributed by atoms with Gasteiger partial charge in [0, 0.05) is 23.8 Å². The monoisotopic (exact) mass is 264 g/mol. The van der Waals surface area contributed by atoms with Gasteiger partial charge in [-0.2, -0.15) is 0 Å². The highest BCUT2D eigenvalue weighted by Gasteiger charge is 2.59. The zero-order chi connectivity index (χ0) is 13.8. The van der Waals surface area contributed by atoms with Crippen LogP contribution >= 0.6 is 0 Å². The summed E-state index contributed by atoms with van der Waals surface area (Å²) in [7, 11) is 0. The van der Waals surface area contributed by atoms with Gasteiger partial charge in [0.2, 0.25) is 0 Å². The van der Waals surface area contributed by atoms with Crippen LogP contribution in [0.5, 0.6) is 0 Å². The Balaban J connectivity index is 2.02. The van der Waals surface area contributed by atoms with Gasteiger partial charge in [0.05, 0.1) is 0 Å². The first-order valence-electron chi connectivity index (χ1n) is 7.05. The number of fused-ring (bicyclic) bond motifs is 3. The molecule has 1 saturated carbocycles. The zero-order valence-corrected chi connectivity index (χ0v) is 11.5. The second-order valence-corrected chi connectivity index (χ2v) is 6.32. The van der Waals surface area contributed by atoms with Gasteiger partial charge in [0.15, 0.2) is 0 Å². The van der Waals surface area contributed by atoms with Gasteiger partial charge in [-0.05, 0) is 32.1 Å². The molecule has 1 aliphatic carbocycles. The van der Waals surface area contributed by atoms with Crippen molar-refractivity contribution >= 4 is 11.9 Å². The number of rotatable bonds is 0. The Bertz CT molecular complexity index is 455. The SMILES string of the molecule is C=C1C(=O)O[C@@H]2[C@H]1CC[C@H](C)[C@@H]1CCC(=O)O[C@@]21C. The van der Waals surface area contributed by atoms with Crippen LogP contribution in [0.4, 0.5) is 0 Å². The van der Waals surface area contributed by atoms with Crippen molar-refractivity contribution in [1.82, 2.24) is 0 Å². The molecular weight excluding hydrogens is 244 g/mol. The van der Waals surface area contributed by atoms with Crippen molar-refractivity contribution < 1.29 is 19.1 Å². The minimum atomic E-state index is -0.689. The molecule has 0 radical (unpaired) electrons. The fourth-order valence-electron chi connectivity index (χ4n) is 4.14. The average Bonchev–Trinajstić information content (AvgIpc) is 2.58. The fraction of sp³-hybridized carbons (Fsp3) is 0.733. The minimum absolute atomic E-state index is 0.00384. The zero-order valence-electron chi connectivity index (χ0n) is 11.5. The number of carbonyl (C=O) groups is 2. The molecule has 4 nitrogen and oxygen atoms in total. The molecule has 2 aliphatic heterocycles. The fourth-order valence-corrected chi connectivity index (χ4v) is 4.14.